The largest absolute Gasteiger partial charge is 0.480 e. The number of hydrogen-bond donors (Lipinski definition) is 2. The second-order valence-corrected chi connectivity index (χ2v) is 5.79. The topological polar surface area (TPSA) is 75.1 Å². The lowest BCUT2D eigenvalue weighted by Crippen LogP contribution is -2.28. The molecule has 0 radical (unpaired) electrons. The molecule has 0 bridgehead atoms. The van der Waals surface area contributed by atoms with Crippen LogP contribution in [0.4, 0.5) is 5.82 Å². The van der Waals surface area contributed by atoms with Gasteiger partial charge in [-0.05, 0) is 37.4 Å². The standard InChI is InChI=1S/C12H14ClN3O2S/c1-4-7(11(17)18)14-9-8-5(2)6(3)19-10(8)16-12(13)15-9/h7H,4H2,1-3H3,(H,17,18)(H,14,15,16). The van der Waals surface area contributed by atoms with Crippen molar-refractivity contribution in [1.82, 2.24) is 9.97 Å². The number of fused-ring (bicyclic) bond motifs is 1. The molecule has 0 fully saturated rings. The highest BCUT2D eigenvalue weighted by Gasteiger charge is 2.20. The van der Waals surface area contributed by atoms with Crippen molar-refractivity contribution >= 4 is 44.9 Å². The Morgan fingerprint density at radius 1 is 1.47 bits per heavy atom. The van der Waals surface area contributed by atoms with Gasteiger partial charge in [0, 0.05) is 4.88 Å². The Labute approximate surface area is 119 Å². The van der Waals surface area contributed by atoms with Crippen molar-refractivity contribution in [2.24, 2.45) is 0 Å². The molecule has 0 amide bonds. The Morgan fingerprint density at radius 3 is 2.74 bits per heavy atom. The van der Waals surface area contributed by atoms with E-state index in [9.17, 15) is 4.79 Å². The Hall–Kier alpha value is -1.40. The summed E-state index contributed by atoms with van der Waals surface area (Å²) in [6, 6.07) is -0.686. The van der Waals surface area contributed by atoms with Crippen molar-refractivity contribution in [2.45, 2.75) is 33.2 Å². The molecule has 1 atom stereocenters. The van der Waals surface area contributed by atoms with E-state index in [0.717, 1.165) is 20.7 Å². The smallest absolute Gasteiger partial charge is 0.326 e. The number of carboxylic acids is 1. The summed E-state index contributed by atoms with van der Waals surface area (Å²) in [5.74, 6) is -0.416. The second-order valence-electron chi connectivity index (χ2n) is 4.25. The van der Waals surface area contributed by atoms with E-state index >= 15 is 0 Å². The van der Waals surface area contributed by atoms with Gasteiger partial charge in [-0.25, -0.2) is 14.8 Å². The van der Waals surface area contributed by atoms with Crippen LogP contribution in [0.5, 0.6) is 0 Å². The summed E-state index contributed by atoms with van der Waals surface area (Å²) in [5, 5.41) is 13.0. The van der Waals surface area contributed by atoms with Crippen LogP contribution in [0, 0.1) is 13.8 Å². The fourth-order valence-electron chi connectivity index (χ4n) is 1.83. The van der Waals surface area contributed by atoms with Crippen molar-refractivity contribution in [3.8, 4) is 0 Å². The maximum absolute atomic E-state index is 11.1. The van der Waals surface area contributed by atoms with Gasteiger partial charge >= 0.3 is 5.97 Å². The third-order valence-electron chi connectivity index (χ3n) is 3.02. The molecule has 2 heterocycles. The number of thiophene rings is 1. The first-order chi connectivity index (χ1) is 8.93. The van der Waals surface area contributed by atoms with E-state index < -0.39 is 12.0 Å². The van der Waals surface area contributed by atoms with Crippen LogP contribution in [0.3, 0.4) is 0 Å². The van der Waals surface area contributed by atoms with Gasteiger partial charge in [-0.15, -0.1) is 11.3 Å². The number of aromatic nitrogens is 2. The number of aliphatic carboxylic acids is 1. The molecule has 2 aromatic rings. The van der Waals surface area contributed by atoms with Gasteiger partial charge in [0.2, 0.25) is 5.28 Å². The SMILES string of the molecule is CCC(Nc1nc(Cl)nc2sc(C)c(C)c12)C(=O)O. The highest BCUT2D eigenvalue weighted by Crippen LogP contribution is 2.34. The molecule has 2 rings (SSSR count). The second kappa shape index (κ2) is 5.30. The highest BCUT2D eigenvalue weighted by atomic mass is 35.5. The molecule has 2 N–H and O–H groups in total. The van der Waals surface area contributed by atoms with Crippen molar-refractivity contribution < 1.29 is 9.90 Å². The van der Waals surface area contributed by atoms with E-state index in [-0.39, 0.29) is 5.28 Å². The normalized spacial score (nSPS) is 12.6. The van der Waals surface area contributed by atoms with Crippen LogP contribution in [0.25, 0.3) is 10.2 Å². The molecule has 102 valence electrons. The van der Waals surface area contributed by atoms with Crippen molar-refractivity contribution in [3.05, 3.63) is 15.7 Å². The fraction of sp³-hybridized carbons (Fsp3) is 0.417. The average molecular weight is 300 g/mol. The number of nitrogens with one attached hydrogen (secondary N) is 1. The number of anilines is 1. The number of hydrogen-bond acceptors (Lipinski definition) is 5. The number of halogens is 1. The summed E-state index contributed by atoms with van der Waals surface area (Å²) in [6.45, 7) is 5.77. The fourth-order valence-corrected chi connectivity index (χ4v) is 3.08. The molecule has 0 aliphatic carbocycles. The van der Waals surface area contributed by atoms with Crippen LogP contribution in [0.1, 0.15) is 23.8 Å². The monoisotopic (exact) mass is 299 g/mol. The molecule has 0 spiro atoms. The maximum atomic E-state index is 11.1. The van der Waals surface area contributed by atoms with Gasteiger partial charge < -0.3 is 10.4 Å². The predicted octanol–water partition coefficient (Wildman–Crippen LogP) is 3.24. The third-order valence-corrected chi connectivity index (χ3v) is 4.29. The number of carbonyl (C=O) groups is 1. The summed E-state index contributed by atoms with van der Waals surface area (Å²) in [5.41, 5.74) is 1.06. The maximum Gasteiger partial charge on any atom is 0.326 e. The molecule has 19 heavy (non-hydrogen) atoms. The van der Waals surface area contributed by atoms with Gasteiger partial charge in [0.15, 0.2) is 0 Å². The van der Waals surface area contributed by atoms with Crippen LogP contribution in [-0.2, 0) is 4.79 Å². The zero-order valence-corrected chi connectivity index (χ0v) is 12.4. The Morgan fingerprint density at radius 2 is 2.16 bits per heavy atom. The summed E-state index contributed by atoms with van der Waals surface area (Å²) in [4.78, 5) is 21.3. The van der Waals surface area contributed by atoms with E-state index in [1.54, 1.807) is 6.92 Å². The Bertz CT molecular complexity index is 641. The van der Waals surface area contributed by atoms with Crippen LogP contribution < -0.4 is 5.32 Å². The van der Waals surface area contributed by atoms with Gasteiger partial charge in [0.25, 0.3) is 0 Å². The van der Waals surface area contributed by atoms with E-state index in [1.165, 1.54) is 11.3 Å². The van der Waals surface area contributed by atoms with Crippen LogP contribution in [0.2, 0.25) is 5.28 Å². The molecule has 2 aromatic heterocycles. The van der Waals surface area contributed by atoms with Crippen LogP contribution in [0.15, 0.2) is 0 Å². The zero-order valence-electron chi connectivity index (χ0n) is 10.8. The van der Waals surface area contributed by atoms with Gasteiger partial charge in [0.05, 0.1) is 5.39 Å². The van der Waals surface area contributed by atoms with Gasteiger partial charge in [-0.3, -0.25) is 0 Å². The van der Waals surface area contributed by atoms with Gasteiger partial charge in [-0.1, -0.05) is 6.92 Å². The first kappa shape index (κ1) is 14.0. The minimum Gasteiger partial charge on any atom is -0.480 e. The molecular formula is C12H14ClN3O2S. The van der Waals surface area contributed by atoms with E-state index in [1.807, 2.05) is 13.8 Å². The minimum absolute atomic E-state index is 0.122. The lowest BCUT2D eigenvalue weighted by atomic mass is 10.2. The quantitative estimate of drug-likeness (QED) is 0.848. The molecule has 0 aliphatic heterocycles. The lowest BCUT2D eigenvalue weighted by Gasteiger charge is -2.14. The van der Waals surface area contributed by atoms with Crippen LogP contribution in [-0.4, -0.2) is 27.1 Å². The van der Waals surface area contributed by atoms with Crippen LogP contribution >= 0.6 is 22.9 Å². The number of rotatable bonds is 4. The number of carboxylic acid groups (broad SMARTS) is 1. The van der Waals surface area contributed by atoms with Crippen molar-refractivity contribution in [1.29, 1.82) is 0 Å². The van der Waals surface area contributed by atoms with Crippen molar-refractivity contribution in [2.75, 3.05) is 5.32 Å². The summed E-state index contributed by atoms with van der Waals surface area (Å²) < 4.78 is 0. The Kier molecular flexibility index (Phi) is 3.91. The summed E-state index contributed by atoms with van der Waals surface area (Å²) >= 11 is 7.42. The molecule has 0 saturated carbocycles. The van der Waals surface area contributed by atoms with E-state index in [2.05, 4.69) is 15.3 Å². The minimum atomic E-state index is -0.907. The molecule has 0 aromatic carbocycles. The highest BCUT2D eigenvalue weighted by molar-refractivity contribution is 7.18. The first-order valence-corrected chi connectivity index (χ1v) is 7.06. The predicted molar refractivity (Wildman–Crippen MR) is 77.2 cm³/mol. The zero-order chi connectivity index (χ0) is 14.2. The third kappa shape index (κ3) is 2.64. The van der Waals surface area contributed by atoms with Crippen molar-refractivity contribution in [3.63, 3.8) is 0 Å². The van der Waals surface area contributed by atoms with E-state index in [4.69, 9.17) is 16.7 Å². The van der Waals surface area contributed by atoms with Gasteiger partial charge in [-0.2, -0.15) is 0 Å². The number of aryl methyl sites for hydroxylation is 2. The Balaban J connectivity index is 2.55. The molecular weight excluding hydrogens is 286 g/mol. The van der Waals surface area contributed by atoms with E-state index in [0.29, 0.717) is 12.2 Å². The molecule has 0 aliphatic rings. The molecule has 1 unspecified atom stereocenters. The summed E-state index contributed by atoms with van der Waals surface area (Å²) in [7, 11) is 0. The van der Waals surface area contributed by atoms with Gasteiger partial charge in [0.1, 0.15) is 16.7 Å². The number of nitrogens with zero attached hydrogens (tertiary/aromatic N) is 2. The first-order valence-electron chi connectivity index (χ1n) is 5.86. The molecule has 7 heteroatoms. The molecule has 5 nitrogen and oxygen atoms in total. The average Bonchev–Trinajstić information content (AvgIpc) is 2.61. The lowest BCUT2D eigenvalue weighted by molar-refractivity contribution is -0.137. The molecule has 0 saturated heterocycles. The summed E-state index contributed by atoms with van der Waals surface area (Å²) in [6.07, 6.45) is 0.459.